The normalized spacial score (nSPS) is 18.3. The summed E-state index contributed by atoms with van der Waals surface area (Å²) in [5.74, 6) is 0.111. The molecule has 3 heteroatoms. The highest BCUT2D eigenvalue weighted by Crippen LogP contribution is 2.38. The van der Waals surface area contributed by atoms with E-state index in [9.17, 15) is 4.79 Å². The molecule has 3 rings (SSSR count). The van der Waals surface area contributed by atoms with E-state index in [2.05, 4.69) is 0 Å². The van der Waals surface area contributed by atoms with Crippen molar-refractivity contribution in [3.05, 3.63) is 53.1 Å². The van der Waals surface area contributed by atoms with Gasteiger partial charge in [-0.05, 0) is 18.2 Å². The van der Waals surface area contributed by atoms with Gasteiger partial charge in [-0.25, -0.2) is 0 Å². The van der Waals surface area contributed by atoms with Gasteiger partial charge in [-0.2, -0.15) is 0 Å². The maximum atomic E-state index is 12.1. The second-order valence-electron chi connectivity index (χ2n) is 3.45. The number of hydrogen-bond donors (Lipinski definition) is 0. The Hall–Kier alpha value is -1.48. The van der Waals surface area contributed by atoms with Crippen LogP contribution < -0.4 is 0 Å². The summed E-state index contributed by atoms with van der Waals surface area (Å²) in [7, 11) is 0. The van der Waals surface area contributed by atoms with E-state index in [-0.39, 0.29) is 5.91 Å². The van der Waals surface area contributed by atoms with Gasteiger partial charge in [-0.1, -0.05) is 36.0 Å². The first kappa shape index (κ1) is 8.80. The zero-order chi connectivity index (χ0) is 10.3. The predicted octanol–water partition coefficient (Wildman–Crippen LogP) is 2.65. The summed E-state index contributed by atoms with van der Waals surface area (Å²) in [4.78, 5) is 15.0. The van der Waals surface area contributed by atoms with Crippen LogP contribution in [0.1, 0.15) is 10.4 Å². The van der Waals surface area contributed by atoms with Crippen molar-refractivity contribution in [3.63, 3.8) is 0 Å². The molecule has 0 radical (unpaired) electrons. The van der Waals surface area contributed by atoms with Crippen LogP contribution in [0.25, 0.3) is 0 Å². The number of benzene rings is 1. The number of allylic oxidation sites excluding steroid dienone is 2. The van der Waals surface area contributed by atoms with Crippen molar-refractivity contribution in [2.24, 2.45) is 0 Å². The molecule has 2 aliphatic heterocycles. The Bertz CT molecular complexity index is 490. The van der Waals surface area contributed by atoms with Crippen molar-refractivity contribution in [3.8, 4) is 0 Å². The highest BCUT2D eigenvalue weighted by molar-refractivity contribution is 8.03. The van der Waals surface area contributed by atoms with E-state index in [0.717, 1.165) is 15.5 Å². The van der Waals surface area contributed by atoms with Gasteiger partial charge in [0.05, 0.1) is 10.6 Å². The molecule has 74 valence electrons. The lowest BCUT2D eigenvalue weighted by Gasteiger charge is -2.30. The molecule has 1 aromatic carbocycles. The average Bonchev–Trinajstić information content (AvgIpc) is 2.30. The van der Waals surface area contributed by atoms with Crippen LogP contribution in [-0.2, 0) is 0 Å². The number of fused-ring (bicyclic) bond motifs is 2. The molecule has 2 nitrogen and oxygen atoms in total. The highest BCUT2D eigenvalue weighted by atomic mass is 32.2. The average molecular weight is 215 g/mol. The summed E-state index contributed by atoms with van der Waals surface area (Å²) >= 11 is 1.66. The van der Waals surface area contributed by atoms with Gasteiger partial charge < -0.3 is 0 Å². The number of nitrogens with zero attached hydrogens (tertiary/aromatic N) is 1. The molecular formula is C12H9NOS. The zero-order valence-corrected chi connectivity index (χ0v) is 8.83. The van der Waals surface area contributed by atoms with E-state index in [4.69, 9.17) is 0 Å². The maximum absolute atomic E-state index is 12.1. The summed E-state index contributed by atoms with van der Waals surface area (Å²) in [6.45, 7) is 0.687. The number of rotatable bonds is 0. The molecule has 0 fully saturated rings. The van der Waals surface area contributed by atoms with Crippen molar-refractivity contribution in [2.45, 2.75) is 4.90 Å². The van der Waals surface area contributed by atoms with Crippen molar-refractivity contribution >= 4 is 17.7 Å². The SMILES string of the molecule is O=C1c2ccccc2SC2=CC=CCN12. The Balaban J connectivity index is 2.14. The van der Waals surface area contributed by atoms with Crippen molar-refractivity contribution < 1.29 is 4.79 Å². The largest absolute Gasteiger partial charge is 0.298 e. The molecule has 0 bridgehead atoms. The number of hydrogen-bond acceptors (Lipinski definition) is 2. The van der Waals surface area contributed by atoms with E-state index >= 15 is 0 Å². The standard InChI is InChI=1S/C12H9NOS/c14-12-9-5-1-2-6-10(9)15-11-7-3-4-8-13(11)12/h1-7H,8H2. The van der Waals surface area contributed by atoms with Crippen LogP contribution in [0.4, 0.5) is 0 Å². The molecule has 0 spiro atoms. The third-order valence-corrected chi connectivity index (χ3v) is 3.65. The lowest BCUT2D eigenvalue weighted by atomic mass is 10.2. The zero-order valence-electron chi connectivity index (χ0n) is 8.01. The smallest absolute Gasteiger partial charge is 0.260 e. The lowest BCUT2D eigenvalue weighted by Crippen LogP contribution is -2.33. The van der Waals surface area contributed by atoms with E-state index in [1.165, 1.54) is 0 Å². The first-order valence-electron chi connectivity index (χ1n) is 4.82. The Morgan fingerprint density at radius 3 is 3.07 bits per heavy atom. The quantitative estimate of drug-likeness (QED) is 0.663. The van der Waals surface area contributed by atoms with E-state index < -0.39 is 0 Å². The van der Waals surface area contributed by atoms with Gasteiger partial charge >= 0.3 is 0 Å². The third kappa shape index (κ3) is 1.31. The predicted molar refractivity (Wildman–Crippen MR) is 60.6 cm³/mol. The van der Waals surface area contributed by atoms with Gasteiger partial charge in [-0.15, -0.1) is 0 Å². The molecule has 0 saturated heterocycles. The maximum Gasteiger partial charge on any atom is 0.260 e. The lowest BCUT2D eigenvalue weighted by molar-refractivity contribution is 0.0822. The summed E-state index contributed by atoms with van der Waals surface area (Å²) in [6, 6.07) is 7.76. The number of carbonyl (C=O) groups is 1. The Labute approximate surface area is 92.3 Å². The van der Waals surface area contributed by atoms with Gasteiger partial charge in [0.1, 0.15) is 0 Å². The molecule has 0 unspecified atom stereocenters. The summed E-state index contributed by atoms with van der Waals surface area (Å²) in [5.41, 5.74) is 0.815. The summed E-state index contributed by atoms with van der Waals surface area (Å²) < 4.78 is 0. The Kier molecular flexibility index (Phi) is 1.92. The minimum absolute atomic E-state index is 0.111. The summed E-state index contributed by atoms with van der Waals surface area (Å²) in [6.07, 6.45) is 5.98. The van der Waals surface area contributed by atoms with Crippen LogP contribution in [0, 0.1) is 0 Å². The molecule has 0 atom stereocenters. The molecule has 15 heavy (non-hydrogen) atoms. The minimum Gasteiger partial charge on any atom is -0.298 e. The second kappa shape index (κ2) is 3.28. The third-order valence-electron chi connectivity index (χ3n) is 2.51. The molecule has 0 aliphatic carbocycles. The first-order chi connectivity index (χ1) is 7.36. The Morgan fingerprint density at radius 2 is 2.13 bits per heavy atom. The van der Waals surface area contributed by atoms with Crippen molar-refractivity contribution in [1.29, 1.82) is 0 Å². The van der Waals surface area contributed by atoms with Crippen LogP contribution in [0.15, 0.2) is 52.4 Å². The molecule has 0 saturated carbocycles. The minimum atomic E-state index is 0.111. The number of thioether (sulfide) groups is 1. The molecule has 2 aliphatic rings. The van der Waals surface area contributed by atoms with Crippen LogP contribution in [-0.4, -0.2) is 17.4 Å². The van der Waals surface area contributed by atoms with Gasteiger partial charge in [0.15, 0.2) is 0 Å². The van der Waals surface area contributed by atoms with Gasteiger partial charge in [0, 0.05) is 11.4 Å². The highest BCUT2D eigenvalue weighted by Gasteiger charge is 2.28. The fraction of sp³-hybridized carbons (Fsp3) is 0.0833. The van der Waals surface area contributed by atoms with Crippen LogP contribution >= 0.6 is 11.8 Å². The van der Waals surface area contributed by atoms with Crippen molar-refractivity contribution in [1.82, 2.24) is 4.90 Å². The van der Waals surface area contributed by atoms with Crippen LogP contribution in [0.5, 0.6) is 0 Å². The van der Waals surface area contributed by atoms with Crippen LogP contribution in [0.3, 0.4) is 0 Å². The van der Waals surface area contributed by atoms with E-state index in [1.807, 2.05) is 47.4 Å². The van der Waals surface area contributed by atoms with E-state index in [0.29, 0.717) is 6.54 Å². The first-order valence-corrected chi connectivity index (χ1v) is 5.63. The monoisotopic (exact) mass is 215 g/mol. The molecule has 2 heterocycles. The molecule has 1 aromatic rings. The second-order valence-corrected chi connectivity index (χ2v) is 4.51. The summed E-state index contributed by atoms with van der Waals surface area (Å²) in [5, 5.41) is 1.03. The molecule has 0 aromatic heterocycles. The van der Waals surface area contributed by atoms with Crippen LogP contribution in [0.2, 0.25) is 0 Å². The Morgan fingerprint density at radius 1 is 1.27 bits per heavy atom. The van der Waals surface area contributed by atoms with Crippen molar-refractivity contribution in [2.75, 3.05) is 6.54 Å². The van der Waals surface area contributed by atoms with Gasteiger partial charge in [-0.3, -0.25) is 9.69 Å². The van der Waals surface area contributed by atoms with Gasteiger partial charge in [0.25, 0.3) is 5.91 Å². The van der Waals surface area contributed by atoms with E-state index in [1.54, 1.807) is 11.8 Å². The fourth-order valence-corrected chi connectivity index (χ4v) is 2.81. The number of carbonyl (C=O) groups excluding carboxylic acids is 1. The number of amides is 1. The van der Waals surface area contributed by atoms with Gasteiger partial charge in [0.2, 0.25) is 0 Å². The molecule has 1 amide bonds. The molecular weight excluding hydrogens is 206 g/mol. The molecule has 0 N–H and O–H groups in total. The fourth-order valence-electron chi connectivity index (χ4n) is 1.76. The topological polar surface area (TPSA) is 20.3 Å².